The molecule has 34 heavy (non-hydrogen) atoms. The van der Waals surface area contributed by atoms with E-state index in [0.717, 1.165) is 16.7 Å². The molecule has 1 amide bonds. The number of phenols is 1. The zero-order chi connectivity index (χ0) is 25.8. The summed E-state index contributed by atoms with van der Waals surface area (Å²) in [5, 5.41) is 13.5. The molecule has 0 spiro atoms. The molecule has 0 aliphatic rings. The Kier molecular flexibility index (Phi) is 8.30. The van der Waals surface area contributed by atoms with Gasteiger partial charge in [-0.3, -0.25) is 14.4 Å². The van der Waals surface area contributed by atoms with Crippen molar-refractivity contribution in [1.29, 1.82) is 0 Å². The van der Waals surface area contributed by atoms with E-state index in [9.17, 15) is 19.5 Å². The van der Waals surface area contributed by atoms with Crippen LogP contribution in [0.4, 0.5) is 5.69 Å². The smallest absolute Gasteiger partial charge is 0.306 e. The lowest BCUT2D eigenvalue weighted by molar-refractivity contribution is -0.153. The van der Waals surface area contributed by atoms with Crippen LogP contribution in [0.15, 0.2) is 36.4 Å². The molecule has 0 saturated carbocycles. The topological polar surface area (TPSA) is 92.7 Å². The molecule has 2 aromatic rings. The molecular weight excluding hydrogens is 430 g/mol. The van der Waals surface area contributed by atoms with Gasteiger partial charge in [0.15, 0.2) is 11.9 Å². The molecule has 6 heteroatoms. The maximum Gasteiger partial charge on any atom is 0.306 e. The number of anilines is 1. The van der Waals surface area contributed by atoms with E-state index >= 15 is 0 Å². The Labute approximate surface area is 202 Å². The minimum atomic E-state index is -0.963. The summed E-state index contributed by atoms with van der Waals surface area (Å²) in [5.41, 5.74) is 3.18. The molecule has 0 aliphatic heterocycles. The molecule has 0 saturated heterocycles. The summed E-state index contributed by atoms with van der Waals surface area (Å²) in [6.07, 6.45) is -0.412. The molecule has 184 valence electrons. The first-order valence-corrected chi connectivity index (χ1v) is 11.6. The lowest BCUT2D eigenvalue weighted by atomic mass is 9.78. The van der Waals surface area contributed by atoms with Crippen molar-refractivity contribution in [3.05, 3.63) is 58.7 Å². The highest BCUT2D eigenvalue weighted by Gasteiger charge is 2.27. The van der Waals surface area contributed by atoms with Crippen molar-refractivity contribution in [1.82, 2.24) is 0 Å². The molecule has 0 aromatic heterocycles. The standard InChI is InChI=1S/C28H37NO5/c1-17(30)20-10-12-21(13-11-20)29-26(33)18(2)34-24(31)14-9-19-15-22(27(3,4)5)25(32)23(16-19)28(6,7)8/h10-13,15-16,18,32H,9,14H2,1-8H3,(H,29,33)/t18-/m0/s1. The fraction of sp³-hybridized carbons (Fsp3) is 0.464. The third-order valence-corrected chi connectivity index (χ3v) is 5.64. The summed E-state index contributed by atoms with van der Waals surface area (Å²) >= 11 is 0. The second-order valence-corrected chi connectivity index (χ2v) is 10.8. The van der Waals surface area contributed by atoms with E-state index in [2.05, 4.69) is 5.32 Å². The molecule has 2 rings (SSSR count). The second-order valence-electron chi connectivity index (χ2n) is 10.8. The highest BCUT2D eigenvalue weighted by Crippen LogP contribution is 2.40. The van der Waals surface area contributed by atoms with Gasteiger partial charge in [-0.1, -0.05) is 53.7 Å². The summed E-state index contributed by atoms with van der Waals surface area (Å²) in [4.78, 5) is 36.2. The number of phenolic OH excluding ortho intramolecular Hbond substituents is 1. The van der Waals surface area contributed by atoms with Gasteiger partial charge in [-0.2, -0.15) is 0 Å². The number of Topliss-reactive ketones (excluding diaryl/α,β-unsaturated/α-hetero) is 1. The summed E-state index contributed by atoms with van der Waals surface area (Å²) < 4.78 is 5.33. The number of rotatable bonds is 7. The minimum absolute atomic E-state index is 0.0574. The van der Waals surface area contributed by atoms with Crippen LogP contribution in [0.3, 0.4) is 0 Å². The number of hydrogen-bond acceptors (Lipinski definition) is 5. The zero-order valence-electron chi connectivity index (χ0n) is 21.5. The van der Waals surface area contributed by atoms with Crippen LogP contribution in [0.25, 0.3) is 0 Å². The molecule has 1 atom stereocenters. The molecule has 0 fully saturated rings. The highest BCUT2D eigenvalue weighted by molar-refractivity contribution is 5.97. The van der Waals surface area contributed by atoms with Gasteiger partial charge >= 0.3 is 5.97 Å². The Morgan fingerprint density at radius 2 is 1.44 bits per heavy atom. The number of ketones is 1. The summed E-state index contributed by atoms with van der Waals surface area (Å²) in [5.74, 6) is -0.679. The monoisotopic (exact) mass is 467 g/mol. The lowest BCUT2D eigenvalue weighted by Gasteiger charge is -2.28. The van der Waals surface area contributed by atoms with Gasteiger partial charge in [-0.05, 0) is 72.1 Å². The minimum Gasteiger partial charge on any atom is -0.507 e. The Bertz CT molecular complexity index is 1020. The fourth-order valence-corrected chi connectivity index (χ4v) is 3.57. The molecule has 0 bridgehead atoms. The van der Waals surface area contributed by atoms with Crippen LogP contribution < -0.4 is 5.32 Å². The van der Waals surface area contributed by atoms with Gasteiger partial charge in [0.2, 0.25) is 0 Å². The summed E-state index contributed by atoms with van der Waals surface area (Å²) in [6.45, 7) is 15.2. The first-order valence-electron chi connectivity index (χ1n) is 11.6. The number of esters is 1. The maximum absolute atomic E-state index is 12.4. The predicted octanol–water partition coefficient (Wildman–Crippen LogP) is 5.69. The van der Waals surface area contributed by atoms with Gasteiger partial charge in [-0.25, -0.2) is 0 Å². The number of carbonyl (C=O) groups excluding carboxylic acids is 3. The number of aryl methyl sites for hydroxylation is 1. The normalized spacial score (nSPS) is 12.7. The van der Waals surface area contributed by atoms with Crippen LogP contribution >= 0.6 is 0 Å². The quantitative estimate of drug-likeness (QED) is 0.403. The van der Waals surface area contributed by atoms with Crippen LogP contribution in [-0.4, -0.2) is 28.9 Å². The van der Waals surface area contributed by atoms with E-state index in [1.165, 1.54) is 13.8 Å². The van der Waals surface area contributed by atoms with E-state index in [0.29, 0.717) is 23.4 Å². The molecular formula is C28H37NO5. The van der Waals surface area contributed by atoms with Gasteiger partial charge in [-0.15, -0.1) is 0 Å². The first-order chi connectivity index (χ1) is 15.6. The van der Waals surface area contributed by atoms with Crippen molar-refractivity contribution >= 4 is 23.3 Å². The van der Waals surface area contributed by atoms with Crippen molar-refractivity contribution in [3.63, 3.8) is 0 Å². The van der Waals surface area contributed by atoms with E-state index in [1.807, 2.05) is 53.7 Å². The Balaban J connectivity index is 2.03. The Morgan fingerprint density at radius 1 is 0.941 bits per heavy atom. The largest absolute Gasteiger partial charge is 0.507 e. The average Bonchev–Trinajstić information content (AvgIpc) is 2.71. The van der Waals surface area contributed by atoms with Gasteiger partial charge in [0.25, 0.3) is 5.91 Å². The van der Waals surface area contributed by atoms with Crippen molar-refractivity contribution in [2.45, 2.75) is 85.2 Å². The van der Waals surface area contributed by atoms with Crippen LogP contribution in [0.2, 0.25) is 0 Å². The number of nitrogens with one attached hydrogen (secondary N) is 1. The number of benzene rings is 2. The van der Waals surface area contributed by atoms with Gasteiger partial charge in [0, 0.05) is 17.7 Å². The summed E-state index contributed by atoms with van der Waals surface area (Å²) in [7, 11) is 0. The molecule has 2 aromatic carbocycles. The number of amides is 1. The van der Waals surface area contributed by atoms with Crippen molar-refractivity contribution in [3.8, 4) is 5.75 Å². The molecule has 0 radical (unpaired) electrons. The SMILES string of the molecule is CC(=O)c1ccc(NC(=O)[C@H](C)OC(=O)CCc2cc(C(C)(C)C)c(O)c(C(C)(C)C)c2)cc1. The number of hydrogen-bond donors (Lipinski definition) is 2. The molecule has 0 aliphatic carbocycles. The molecule has 0 heterocycles. The third-order valence-electron chi connectivity index (χ3n) is 5.64. The molecule has 2 N–H and O–H groups in total. The van der Waals surface area contributed by atoms with Crippen LogP contribution in [-0.2, 0) is 31.6 Å². The van der Waals surface area contributed by atoms with Crippen molar-refractivity contribution in [2.24, 2.45) is 0 Å². The molecule has 6 nitrogen and oxygen atoms in total. The predicted molar refractivity (Wildman–Crippen MR) is 134 cm³/mol. The summed E-state index contributed by atoms with van der Waals surface area (Å²) in [6, 6.07) is 10.4. The zero-order valence-corrected chi connectivity index (χ0v) is 21.5. The number of carbonyl (C=O) groups is 3. The van der Waals surface area contributed by atoms with E-state index in [-0.39, 0.29) is 23.0 Å². The average molecular weight is 468 g/mol. The van der Waals surface area contributed by atoms with Gasteiger partial charge in [0.05, 0.1) is 0 Å². The van der Waals surface area contributed by atoms with E-state index in [1.54, 1.807) is 24.3 Å². The lowest BCUT2D eigenvalue weighted by Crippen LogP contribution is -2.30. The first kappa shape index (κ1) is 27.1. The van der Waals surface area contributed by atoms with Crippen LogP contribution in [0, 0.1) is 0 Å². The van der Waals surface area contributed by atoms with E-state index in [4.69, 9.17) is 4.74 Å². The maximum atomic E-state index is 12.4. The van der Waals surface area contributed by atoms with Gasteiger partial charge < -0.3 is 15.2 Å². The van der Waals surface area contributed by atoms with Crippen molar-refractivity contribution in [2.75, 3.05) is 5.32 Å². The molecule has 0 unspecified atom stereocenters. The van der Waals surface area contributed by atoms with Crippen LogP contribution in [0.5, 0.6) is 5.75 Å². The fourth-order valence-electron chi connectivity index (χ4n) is 3.57. The van der Waals surface area contributed by atoms with Crippen LogP contribution in [0.1, 0.15) is 88.9 Å². The van der Waals surface area contributed by atoms with Crippen molar-refractivity contribution < 1.29 is 24.2 Å². The Morgan fingerprint density at radius 3 is 1.88 bits per heavy atom. The van der Waals surface area contributed by atoms with Gasteiger partial charge in [0.1, 0.15) is 5.75 Å². The van der Waals surface area contributed by atoms with E-state index < -0.39 is 18.0 Å². The number of aromatic hydroxyl groups is 1. The number of ether oxygens (including phenoxy) is 1. The second kappa shape index (κ2) is 10.4. The Hall–Kier alpha value is -3.15. The highest BCUT2D eigenvalue weighted by atomic mass is 16.5. The third kappa shape index (κ3) is 7.17.